The Labute approximate surface area is 117 Å². The first kappa shape index (κ1) is 14.3. The van der Waals surface area contributed by atoms with Crippen LogP contribution in [0.4, 0.5) is 11.5 Å². The highest BCUT2D eigenvalue weighted by molar-refractivity contribution is 5.97. The Morgan fingerprint density at radius 3 is 2.70 bits per heavy atom. The Balaban J connectivity index is 2.14. The Kier molecular flexibility index (Phi) is 4.22. The quantitative estimate of drug-likeness (QED) is 0.873. The molecule has 0 radical (unpaired) electrons. The fraction of sp³-hybridized carbons (Fsp3) is 0.500. The van der Waals surface area contributed by atoms with Gasteiger partial charge in [0.05, 0.1) is 17.5 Å². The van der Waals surface area contributed by atoms with E-state index in [1.165, 1.54) is 0 Å². The summed E-state index contributed by atoms with van der Waals surface area (Å²) < 4.78 is 0. The van der Waals surface area contributed by atoms with E-state index in [1.54, 1.807) is 23.2 Å². The monoisotopic (exact) mass is 277 g/mol. The number of carbonyl (C=O) groups is 2. The van der Waals surface area contributed by atoms with Crippen LogP contribution < -0.4 is 10.2 Å². The molecule has 1 fully saturated rings. The summed E-state index contributed by atoms with van der Waals surface area (Å²) in [5.41, 5.74) is 0.610. The molecule has 6 nitrogen and oxygen atoms in total. The van der Waals surface area contributed by atoms with Crippen molar-refractivity contribution in [1.82, 2.24) is 4.98 Å². The number of aromatic nitrogens is 1. The van der Waals surface area contributed by atoms with Crippen molar-refractivity contribution in [3.63, 3.8) is 0 Å². The molecule has 0 bridgehead atoms. The van der Waals surface area contributed by atoms with E-state index >= 15 is 0 Å². The van der Waals surface area contributed by atoms with E-state index < -0.39 is 17.8 Å². The number of aliphatic carboxylic acids is 1. The fourth-order valence-corrected chi connectivity index (χ4v) is 2.65. The predicted octanol–water partition coefficient (Wildman–Crippen LogP) is 1.59. The van der Waals surface area contributed by atoms with Gasteiger partial charge >= 0.3 is 5.97 Å². The smallest absolute Gasteiger partial charge is 0.307 e. The van der Waals surface area contributed by atoms with E-state index in [9.17, 15) is 9.59 Å². The zero-order chi connectivity index (χ0) is 14.7. The molecule has 2 rings (SSSR count). The van der Waals surface area contributed by atoms with Gasteiger partial charge in [-0.2, -0.15) is 0 Å². The summed E-state index contributed by atoms with van der Waals surface area (Å²) in [7, 11) is 3.68. The van der Waals surface area contributed by atoms with E-state index in [4.69, 9.17) is 5.11 Å². The molecule has 1 heterocycles. The molecule has 1 aliphatic carbocycles. The molecular weight excluding hydrogens is 258 g/mol. The maximum absolute atomic E-state index is 12.3. The fourth-order valence-electron chi connectivity index (χ4n) is 2.65. The van der Waals surface area contributed by atoms with Crippen molar-refractivity contribution in [3.05, 3.63) is 18.3 Å². The summed E-state index contributed by atoms with van der Waals surface area (Å²) in [6.07, 6.45) is 3.63. The minimum absolute atomic E-state index is 0.231. The van der Waals surface area contributed by atoms with Crippen LogP contribution in [-0.2, 0) is 9.59 Å². The van der Waals surface area contributed by atoms with Crippen LogP contribution in [0.1, 0.15) is 19.3 Å². The van der Waals surface area contributed by atoms with Gasteiger partial charge in [-0.25, -0.2) is 4.98 Å². The van der Waals surface area contributed by atoms with Crippen molar-refractivity contribution < 1.29 is 14.7 Å². The molecule has 0 saturated heterocycles. The van der Waals surface area contributed by atoms with Gasteiger partial charge in [0.2, 0.25) is 5.91 Å². The van der Waals surface area contributed by atoms with Crippen LogP contribution in [0.3, 0.4) is 0 Å². The first-order valence-corrected chi connectivity index (χ1v) is 6.66. The second-order valence-electron chi connectivity index (χ2n) is 5.24. The number of nitrogens with zero attached hydrogens (tertiary/aromatic N) is 2. The molecule has 1 aromatic rings. The van der Waals surface area contributed by atoms with Gasteiger partial charge in [0.25, 0.3) is 0 Å². The van der Waals surface area contributed by atoms with E-state index in [2.05, 4.69) is 10.3 Å². The maximum atomic E-state index is 12.3. The van der Waals surface area contributed by atoms with Gasteiger partial charge < -0.3 is 15.3 Å². The number of rotatable bonds is 4. The Bertz CT molecular complexity index is 516. The van der Waals surface area contributed by atoms with Crippen LogP contribution in [0.15, 0.2) is 18.3 Å². The summed E-state index contributed by atoms with van der Waals surface area (Å²) >= 11 is 0. The second-order valence-corrected chi connectivity index (χ2v) is 5.24. The third-order valence-electron chi connectivity index (χ3n) is 3.64. The highest BCUT2D eigenvalue weighted by Gasteiger charge is 2.37. The Morgan fingerprint density at radius 1 is 1.35 bits per heavy atom. The Hall–Kier alpha value is -2.11. The van der Waals surface area contributed by atoms with Crippen molar-refractivity contribution in [1.29, 1.82) is 0 Å². The first-order valence-electron chi connectivity index (χ1n) is 6.66. The number of amides is 1. The number of carbonyl (C=O) groups excluding carboxylic acids is 1. The van der Waals surface area contributed by atoms with Crippen LogP contribution in [-0.4, -0.2) is 36.1 Å². The lowest BCUT2D eigenvalue weighted by Gasteiger charge is -2.19. The van der Waals surface area contributed by atoms with Crippen LogP contribution >= 0.6 is 0 Å². The number of nitrogens with one attached hydrogen (secondary N) is 1. The van der Waals surface area contributed by atoms with Gasteiger partial charge in [0.1, 0.15) is 0 Å². The van der Waals surface area contributed by atoms with Crippen molar-refractivity contribution >= 4 is 23.4 Å². The minimum Gasteiger partial charge on any atom is -0.481 e. The van der Waals surface area contributed by atoms with Crippen LogP contribution in [0.25, 0.3) is 0 Å². The largest absolute Gasteiger partial charge is 0.481 e. The molecule has 0 aliphatic heterocycles. The number of carboxylic acid groups (broad SMARTS) is 1. The van der Waals surface area contributed by atoms with Crippen molar-refractivity contribution in [2.24, 2.45) is 11.8 Å². The normalized spacial score (nSPS) is 21.5. The van der Waals surface area contributed by atoms with Crippen molar-refractivity contribution in [3.8, 4) is 0 Å². The highest BCUT2D eigenvalue weighted by atomic mass is 16.4. The number of hydrogen-bond donors (Lipinski definition) is 2. The molecule has 2 unspecified atom stereocenters. The zero-order valence-electron chi connectivity index (χ0n) is 11.7. The summed E-state index contributed by atoms with van der Waals surface area (Å²) in [5, 5.41) is 12.0. The number of pyridine rings is 1. The topological polar surface area (TPSA) is 82.5 Å². The van der Waals surface area contributed by atoms with Crippen LogP contribution in [0, 0.1) is 11.8 Å². The lowest BCUT2D eigenvalue weighted by molar-refractivity contribution is -0.145. The van der Waals surface area contributed by atoms with Gasteiger partial charge in [-0.1, -0.05) is 6.42 Å². The van der Waals surface area contributed by atoms with E-state index in [1.807, 2.05) is 14.1 Å². The number of hydrogen-bond acceptors (Lipinski definition) is 4. The zero-order valence-corrected chi connectivity index (χ0v) is 11.7. The third-order valence-corrected chi connectivity index (χ3v) is 3.64. The standard InChI is InChI=1S/C14H19N3O3/c1-17(2)12-11(7-4-8-15-12)16-13(18)9-5-3-6-10(9)14(19)20/h4,7-10H,3,5-6H2,1-2H3,(H,16,18)(H,19,20). The van der Waals surface area contributed by atoms with Gasteiger partial charge in [-0.05, 0) is 25.0 Å². The lowest BCUT2D eigenvalue weighted by Crippen LogP contribution is -2.30. The molecule has 1 aliphatic rings. The van der Waals surface area contributed by atoms with E-state index in [0.717, 1.165) is 6.42 Å². The molecule has 1 amide bonds. The summed E-state index contributed by atoms with van der Waals surface area (Å²) in [6.45, 7) is 0. The van der Waals surface area contributed by atoms with Gasteiger partial charge in [-0.3, -0.25) is 9.59 Å². The molecule has 6 heteroatoms. The molecule has 108 valence electrons. The number of anilines is 2. The van der Waals surface area contributed by atoms with Crippen LogP contribution in [0.5, 0.6) is 0 Å². The summed E-state index contributed by atoms with van der Waals surface area (Å²) in [4.78, 5) is 29.4. The minimum atomic E-state index is -0.887. The van der Waals surface area contributed by atoms with Crippen molar-refractivity contribution in [2.75, 3.05) is 24.3 Å². The van der Waals surface area contributed by atoms with Gasteiger partial charge in [0, 0.05) is 20.3 Å². The Morgan fingerprint density at radius 2 is 2.05 bits per heavy atom. The third kappa shape index (κ3) is 2.89. The molecule has 20 heavy (non-hydrogen) atoms. The molecule has 0 spiro atoms. The molecular formula is C14H19N3O3. The SMILES string of the molecule is CN(C)c1ncccc1NC(=O)C1CCCC1C(=O)O. The predicted molar refractivity (Wildman–Crippen MR) is 75.7 cm³/mol. The molecule has 2 N–H and O–H groups in total. The lowest BCUT2D eigenvalue weighted by atomic mass is 9.95. The highest BCUT2D eigenvalue weighted by Crippen LogP contribution is 2.33. The average Bonchev–Trinajstić information content (AvgIpc) is 2.88. The van der Waals surface area contributed by atoms with Gasteiger partial charge in [0.15, 0.2) is 5.82 Å². The molecule has 1 aromatic heterocycles. The molecule has 0 aromatic carbocycles. The maximum Gasteiger partial charge on any atom is 0.307 e. The van der Waals surface area contributed by atoms with E-state index in [0.29, 0.717) is 24.3 Å². The summed E-state index contributed by atoms with van der Waals surface area (Å²) in [5.74, 6) is -1.49. The van der Waals surface area contributed by atoms with Gasteiger partial charge in [-0.15, -0.1) is 0 Å². The molecule has 2 atom stereocenters. The first-order chi connectivity index (χ1) is 9.50. The summed E-state index contributed by atoms with van der Waals surface area (Å²) in [6, 6.07) is 3.51. The van der Waals surface area contributed by atoms with Crippen LogP contribution in [0.2, 0.25) is 0 Å². The molecule has 1 saturated carbocycles. The second kappa shape index (κ2) is 5.90. The van der Waals surface area contributed by atoms with E-state index in [-0.39, 0.29) is 5.91 Å². The van der Waals surface area contributed by atoms with Crippen molar-refractivity contribution in [2.45, 2.75) is 19.3 Å². The number of carboxylic acids is 1. The average molecular weight is 277 g/mol.